The van der Waals surface area contributed by atoms with Gasteiger partial charge in [-0.1, -0.05) is 30.3 Å². The first-order valence-electron chi connectivity index (χ1n) is 7.84. The lowest BCUT2D eigenvalue weighted by Gasteiger charge is -2.35. The van der Waals surface area contributed by atoms with Gasteiger partial charge in [-0.3, -0.25) is 4.79 Å². The van der Waals surface area contributed by atoms with Gasteiger partial charge in [0.1, 0.15) is 5.75 Å². The van der Waals surface area contributed by atoms with Crippen LogP contribution in [0.5, 0.6) is 5.75 Å². The number of aromatic hydroxyl groups is 1. The molecule has 4 nitrogen and oxygen atoms in total. The zero-order chi connectivity index (χ0) is 17.1. The maximum absolute atomic E-state index is 11.6. The lowest BCUT2D eigenvalue weighted by atomic mass is 10.0. The third-order valence-corrected chi connectivity index (χ3v) is 4.57. The second-order valence-corrected chi connectivity index (χ2v) is 6.13. The lowest BCUT2D eigenvalue weighted by molar-refractivity contribution is -0.126. The number of nitrogens with zero attached hydrogens (tertiary/aromatic N) is 2. The van der Waals surface area contributed by atoms with Crippen LogP contribution in [0.2, 0.25) is 5.02 Å². The number of piperazine rings is 1. The molecule has 1 aliphatic heterocycles. The van der Waals surface area contributed by atoms with E-state index in [1.807, 2.05) is 23.1 Å². The number of rotatable bonds is 3. The molecule has 1 aliphatic rings. The van der Waals surface area contributed by atoms with E-state index in [-0.39, 0.29) is 11.7 Å². The van der Waals surface area contributed by atoms with E-state index in [1.165, 1.54) is 6.08 Å². The van der Waals surface area contributed by atoms with Crippen LogP contribution < -0.4 is 4.90 Å². The van der Waals surface area contributed by atoms with Crippen LogP contribution in [0.3, 0.4) is 0 Å². The van der Waals surface area contributed by atoms with Crippen molar-refractivity contribution < 1.29 is 9.90 Å². The largest absolute Gasteiger partial charge is 0.508 e. The molecule has 5 heteroatoms. The van der Waals surface area contributed by atoms with Crippen LogP contribution >= 0.6 is 11.6 Å². The summed E-state index contributed by atoms with van der Waals surface area (Å²) >= 11 is 6.20. The zero-order valence-electron chi connectivity index (χ0n) is 13.3. The van der Waals surface area contributed by atoms with E-state index in [2.05, 4.69) is 23.6 Å². The number of benzene rings is 2. The molecule has 2 aromatic rings. The molecule has 0 aliphatic carbocycles. The van der Waals surface area contributed by atoms with E-state index in [4.69, 9.17) is 11.6 Å². The summed E-state index contributed by atoms with van der Waals surface area (Å²) in [4.78, 5) is 15.7. The Kier molecular flexibility index (Phi) is 4.76. The van der Waals surface area contributed by atoms with Crippen molar-refractivity contribution in [1.82, 2.24) is 4.90 Å². The number of hydrogen-bond donors (Lipinski definition) is 1. The molecule has 0 aromatic heterocycles. The van der Waals surface area contributed by atoms with Gasteiger partial charge in [0.2, 0.25) is 5.91 Å². The number of carbonyl (C=O) groups excluding carboxylic acids is 1. The standard InChI is InChI=1S/C19H19ClN2O2/c1-2-19(24)22-11-9-21(10-12-22)15-5-3-14(4-6-15)17-8-7-16(23)13-18(17)20/h2-8,13,23H,1,9-12H2. The highest BCUT2D eigenvalue weighted by Crippen LogP contribution is 2.32. The monoisotopic (exact) mass is 342 g/mol. The average molecular weight is 343 g/mol. The van der Waals surface area contributed by atoms with Gasteiger partial charge in [0.25, 0.3) is 0 Å². The molecule has 0 unspecified atom stereocenters. The Morgan fingerprint density at radius 1 is 1.08 bits per heavy atom. The Morgan fingerprint density at radius 2 is 1.75 bits per heavy atom. The van der Waals surface area contributed by atoms with Gasteiger partial charge in [0.15, 0.2) is 0 Å². The van der Waals surface area contributed by atoms with Gasteiger partial charge in [-0.2, -0.15) is 0 Å². The fourth-order valence-corrected chi connectivity index (χ4v) is 3.19. The molecule has 0 radical (unpaired) electrons. The minimum atomic E-state index is -0.00744. The van der Waals surface area contributed by atoms with Crippen molar-refractivity contribution in [1.29, 1.82) is 0 Å². The molecule has 0 spiro atoms. The molecule has 124 valence electrons. The summed E-state index contributed by atoms with van der Waals surface area (Å²) in [7, 11) is 0. The topological polar surface area (TPSA) is 43.8 Å². The molecule has 0 bridgehead atoms. The van der Waals surface area contributed by atoms with Gasteiger partial charge in [0.05, 0.1) is 5.02 Å². The van der Waals surface area contributed by atoms with Crippen molar-refractivity contribution in [3.63, 3.8) is 0 Å². The van der Waals surface area contributed by atoms with Gasteiger partial charge in [0, 0.05) is 37.4 Å². The smallest absolute Gasteiger partial charge is 0.246 e. The molecular formula is C19H19ClN2O2. The van der Waals surface area contributed by atoms with E-state index in [0.29, 0.717) is 18.1 Å². The molecular weight excluding hydrogens is 324 g/mol. The third-order valence-electron chi connectivity index (χ3n) is 4.26. The first kappa shape index (κ1) is 16.4. The minimum absolute atomic E-state index is 0.00744. The average Bonchev–Trinajstić information content (AvgIpc) is 2.61. The van der Waals surface area contributed by atoms with Crippen LogP contribution in [-0.2, 0) is 4.79 Å². The maximum Gasteiger partial charge on any atom is 0.246 e. The van der Waals surface area contributed by atoms with Crippen LogP contribution in [0.4, 0.5) is 5.69 Å². The molecule has 1 fully saturated rings. The quantitative estimate of drug-likeness (QED) is 0.867. The van der Waals surface area contributed by atoms with Gasteiger partial charge in [-0.05, 0) is 42.0 Å². The predicted molar refractivity (Wildman–Crippen MR) is 97.5 cm³/mol. The molecule has 2 aromatic carbocycles. The summed E-state index contributed by atoms with van der Waals surface area (Å²) in [5.41, 5.74) is 3.02. The second-order valence-electron chi connectivity index (χ2n) is 5.73. The summed E-state index contributed by atoms with van der Waals surface area (Å²) in [5, 5.41) is 9.98. The minimum Gasteiger partial charge on any atom is -0.508 e. The van der Waals surface area contributed by atoms with Gasteiger partial charge in [-0.25, -0.2) is 0 Å². The van der Waals surface area contributed by atoms with Crippen LogP contribution in [0.25, 0.3) is 11.1 Å². The third kappa shape index (κ3) is 3.39. The molecule has 1 N–H and O–H groups in total. The van der Waals surface area contributed by atoms with Crippen LogP contribution in [0.1, 0.15) is 0 Å². The highest BCUT2D eigenvalue weighted by molar-refractivity contribution is 6.33. The molecule has 1 heterocycles. The van der Waals surface area contributed by atoms with Gasteiger partial charge >= 0.3 is 0 Å². The first-order chi connectivity index (χ1) is 11.6. The Labute approximate surface area is 146 Å². The van der Waals surface area contributed by atoms with Crippen molar-refractivity contribution in [2.45, 2.75) is 0 Å². The predicted octanol–water partition coefficient (Wildman–Crippen LogP) is 3.55. The van der Waals surface area contributed by atoms with E-state index < -0.39 is 0 Å². The molecule has 1 amide bonds. The summed E-state index contributed by atoms with van der Waals surface area (Å²) in [6.07, 6.45) is 1.37. The van der Waals surface area contributed by atoms with Crippen LogP contribution in [0, 0.1) is 0 Å². The van der Waals surface area contributed by atoms with Crippen LogP contribution in [-0.4, -0.2) is 42.1 Å². The normalized spacial score (nSPS) is 14.5. The first-order valence-corrected chi connectivity index (χ1v) is 8.21. The fourth-order valence-electron chi connectivity index (χ4n) is 2.90. The number of amides is 1. The Hall–Kier alpha value is -2.46. The van der Waals surface area contributed by atoms with Gasteiger partial charge in [-0.15, -0.1) is 0 Å². The molecule has 1 saturated heterocycles. The SMILES string of the molecule is C=CC(=O)N1CCN(c2ccc(-c3ccc(O)cc3Cl)cc2)CC1. The molecule has 24 heavy (non-hydrogen) atoms. The Morgan fingerprint density at radius 3 is 2.33 bits per heavy atom. The number of phenolic OH excluding ortho intramolecular Hbond substituents is 1. The van der Waals surface area contributed by atoms with E-state index >= 15 is 0 Å². The highest BCUT2D eigenvalue weighted by Gasteiger charge is 2.19. The van der Waals surface area contributed by atoms with E-state index in [0.717, 1.165) is 29.9 Å². The van der Waals surface area contributed by atoms with E-state index in [1.54, 1.807) is 12.1 Å². The van der Waals surface area contributed by atoms with Gasteiger partial charge < -0.3 is 14.9 Å². The van der Waals surface area contributed by atoms with E-state index in [9.17, 15) is 9.90 Å². The van der Waals surface area contributed by atoms with Crippen molar-refractivity contribution >= 4 is 23.2 Å². The highest BCUT2D eigenvalue weighted by atomic mass is 35.5. The fraction of sp³-hybridized carbons (Fsp3) is 0.211. The number of phenols is 1. The number of hydrogen-bond acceptors (Lipinski definition) is 3. The van der Waals surface area contributed by atoms with Crippen molar-refractivity contribution in [3.05, 3.63) is 60.1 Å². The van der Waals surface area contributed by atoms with Crippen molar-refractivity contribution in [2.75, 3.05) is 31.1 Å². The number of carbonyl (C=O) groups is 1. The summed E-state index contributed by atoms with van der Waals surface area (Å²) in [6, 6.07) is 13.1. The second kappa shape index (κ2) is 6.97. The lowest BCUT2D eigenvalue weighted by Crippen LogP contribution is -2.48. The molecule has 3 rings (SSSR count). The molecule has 0 atom stereocenters. The van der Waals surface area contributed by atoms with Crippen LogP contribution in [0.15, 0.2) is 55.1 Å². The Balaban J connectivity index is 1.71. The Bertz CT molecular complexity index is 750. The summed E-state index contributed by atoms with van der Waals surface area (Å²) in [6.45, 7) is 6.55. The molecule has 0 saturated carbocycles. The zero-order valence-corrected chi connectivity index (χ0v) is 14.0. The summed E-state index contributed by atoms with van der Waals surface area (Å²) < 4.78 is 0. The number of halogens is 1. The van der Waals surface area contributed by atoms with Crippen molar-refractivity contribution in [2.24, 2.45) is 0 Å². The summed E-state index contributed by atoms with van der Waals surface area (Å²) in [5.74, 6) is 0.152. The number of anilines is 1. The maximum atomic E-state index is 11.6. The van der Waals surface area contributed by atoms with Crippen molar-refractivity contribution in [3.8, 4) is 16.9 Å².